The van der Waals surface area contributed by atoms with Gasteiger partial charge in [0.1, 0.15) is 19.3 Å². The zero-order valence-corrected chi connectivity index (χ0v) is 54.7. The summed E-state index contributed by atoms with van der Waals surface area (Å²) >= 11 is 0. The lowest BCUT2D eigenvalue weighted by Gasteiger charge is -2.27. The van der Waals surface area contributed by atoms with Crippen LogP contribution in [0, 0.1) is 0 Å². The molecule has 0 fully saturated rings. The van der Waals surface area contributed by atoms with Gasteiger partial charge in [-0.05, 0) is 83.1 Å². The van der Waals surface area contributed by atoms with Gasteiger partial charge >= 0.3 is 13.8 Å². The molecule has 0 heterocycles. The molecule has 2 N–H and O–H groups in total. The Bertz CT molecular complexity index is 1660. The number of hydrogen-bond acceptors (Lipinski definition) is 6. The van der Waals surface area contributed by atoms with E-state index in [1.54, 1.807) is 0 Å². The van der Waals surface area contributed by atoms with Gasteiger partial charge in [-0.3, -0.25) is 18.6 Å². The Labute approximate surface area is 501 Å². The Hall–Kier alpha value is -2.81. The van der Waals surface area contributed by atoms with Crippen molar-refractivity contribution < 1.29 is 37.3 Å². The van der Waals surface area contributed by atoms with E-state index >= 15 is 0 Å². The van der Waals surface area contributed by atoms with Crippen molar-refractivity contribution in [2.45, 2.75) is 315 Å². The molecule has 10 heteroatoms. The van der Waals surface area contributed by atoms with Crippen molar-refractivity contribution in [3.8, 4) is 0 Å². The first-order valence-corrected chi connectivity index (χ1v) is 35.4. The second kappa shape index (κ2) is 60.3. The van der Waals surface area contributed by atoms with Crippen LogP contribution in [-0.4, -0.2) is 74.3 Å². The van der Waals surface area contributed by atoms with Gasteiger partial charge in [-0.15, -0.1) is 0 Å². The molecule has 0 spiro atoms. The molecule has 0 aromatic rings. The van der Waals surface area contributed by atoms with Crippen LogP contribution in [0.2, 0.25) is 0 Å². The fourth-order valence-corrected chi connectivity index (χ4v) is 10.4. The summed E-state index contributed by atoms with van der Waals surface area (Å²) in [6.45, 7) is 6.91. The molecule has 3 unspecified atom stereocenters. The number of unbranched alkanes of at least 4 members (excludes halogenated alkanes) is 33. The molecule has 470 valence electrons. The first kappa shape index (κ1) is 78.2. The molecule has 81 heavy (non-hydrogen) atoms. The Morgan fingerprint density at radius 3 is 1.19 bits per heavy atom. The number of ether oxygens (including phenoxy) is 1. The summed E-state index contributed by atoms with van der Waals surface area (Å²) in [5, 5.41) is 3.06. The van der Waals surface area contributed by atoms with Gasteiger partial charge in [-0.25, -0.2) is 4.57 Å². The van der Waals surface area contributed by atoms with Crippen molar-refractivity contribution in [2.24, 2.45) is 0 Å². The minimum absolute atomic E-state index is 0.0367. The number of amides is 1. The molecule has 0 rings (SSSR count). The summed E-state index contributed by atoms with van der Waals surface area (Å²) in [6.07, 6.45) is 80.2. The van der Waals surface area contributed by atoms with Crippen LogP contribution in [-0.2, 0) is 27.9 Å². The highest BCUT2D eigenvalue weighted by molar-refractivity contribution is 7.47. The molecule has 1 amide bonds. The molecular formula is C71H130N2O7P+. The van der Waals surface area contributed by atoms with E-state index in [4.69, 9.17) is 13.8 Å². The van der Waals surface area contributed by atoms with Crippen LogP contribution in [0.4, 0.5) is 0 Å². The van der Waals surface area contributed by atoms with E-state index in [2.05, 4.69) is 99.0 Å². The average Bonchev–Trinajstić information content (AvgIpc) is 3.43. The Morgan fingerprint density at radius 2 is 0.790 bits per heavy atom. The molecule has 0 radical (unpaired) electrons. The number of carbonyl (C=O) groups is 2. The van der Waals surface area contributed by atoms with Gasteiger partial charge in [-0.1, -0.05) is 292 Å². The van der Waals surface area contributed by atoms with Crippen molar-refractivity contribution in [2.75, 3.05) is 40.9 Å². The maximum atomic E-state index is 13.6. The van der Waals surface area contributed by atoms with E-state index in [-0.39, 0.29) is 25.1 Å². The highest BCUT2D eigenvalue weighted by Gasteiger charge is 2.30. The number of esters is 1. The topological polar surface area (TPSA) is 111 Å². The summed E-state index contributed by atoms with van der Waals surface area (Å²) in [5.41, 5.74) is 0. The van der Waals surface area contributed by atoms with Crippen molar-refractivity contribution in [3.05, 3.63) is 85.1 Å². The number of rotatable bonds is 61. The molecule has 3 atom stereocenters. The smallest absolute Gasteiger partial charge is 0.456 e. The van der Waals surface area contributed by atoms with Crippen LogP contribution < -0.4 is 5.32 Å². The lowest BCUT2D eigenvalue weighted by Crippen LogP contribution is -2.47. The van der Waals surface area contributed by atoms with Gasteiger partial charge in [-0.2, -0.15) is 0 Å². The highest BCUT2D eigenvalue weighted by atomic mass is 31.2. The summed E-state index contributed by atoms with van der Waals surface area (Å²) in [4.78, 5) is 37.8. The average molecular weight is 1150 g/mol. The molecule has 0 saturated carbocycles. The van der Waals surface area contributed by atoms with E-state index in [0.717, 1.165) is 109 Å². The summed E-state index contributed by atoms with van der Waals surface area (Å²) < 4.78 is 30.8. The van der Waals surface area contributed by atoms with Crippen LogP contribution >= 0.6 is 7.82 Å². The van der Waals surface area contributed by atoms with Crippen molar-refractivity contribution in [1.82, 2.24) is 5.32 Å². The zero-order valence-electron chi connectivity index (χ0n) is 53.8. The fraction of sp³-hybridized carbons (Fsp3) is 0.775. The SMILES string of the molecule is CC/C=C\C/C=C\C/C=C\C/C=C\C/C=C\C/C=C\CCCCCCCCCCC(=O)NC(COP(=O)(O)OCC[N+](C)(C)C)C(/C=C\CCCCCCCCCCC)OC(=O)CCCCCCCCCCCCCCCCCCC. The minimum Gasteiger partial charge on any atom is -0.456 e. The third kappa shape index (κ3) is 61.6. The number of phosphoric acid groups is 1. The van der Waals surface area contributed by atoms with Gasteiger partial charge in [0.05, 0.1) is 33.8 Å². The van der Waals surface area contributed by atoms with Crippen molar-refractivity contribution >= 4 is 19.7 Å². The zero-order chi connectivity index (χ0) is 59.3. The third-order valence-electron chi connectivity index (χ3n) is 14.8. The van der Waals surface area contributed by atoms with E-state index < -0.39 is 20.0 Å². The van der Waals surface area contributed by atoms with Gasteiger partial charge in [0.25, 0.3) is 0 Å². The Balaban J connectivity index is 5.07. The number of likely N-dealkylation sites (N-methyl/N-ethyl adjacent to an activating group) is 1. The van der Waals surface area contributed by atoms with E-state index in [1.807, 2.05) is 33.3 Å². The lowest BCUT2D eigenvalue weighted by molar-refractivity contribution is -0.870. The number of hydrogen-bond donors (Lipinski definition) is 2. The van der Waals surface area contributed by atoms with Crippen molar-refractivity contribution in [3.63, 3.8) is 0 Å². The number of nitrogens with one attached hydrogen (secondary N) is 1. The number of nitrogens with zero attached hydrogens (tertiary/aromatic N) is 1. The molecule has 0 aliphatic heterocycles. The standard InChI is InChI=1S/C71H129N2O7P/c1-7-10-13-16-19-22-25-27-29-31-32-33-34-35-36-37-38-39-40-42-43-45-48-51-54-57-60-63-70(74)72-68(67-79-81(76,77)78-66-65-73(4,5)6)69(62-59-56-53-50-47-24-21-18-15-12-9-3)80-71(75)64-61-58-55-52-49-46-44-41-30-28-26-23-20-17-14-11-8-2/h10,13,19,22,27,29,32-33,35-36,38-39,59,62,68-69H,7-9,11-12,14-18,20-21,23-26,28,30-31,34,37,40-58,60-61,63-67H2,1-6H3,(H-,72,74,76,77)/p+1/b13-10-,22-19-,29-27-,33-32-,36-35-,39-38-,62-59-. The minimum atomic E-state index is -4.45. The largest absolute Gasteiger partial charge is 0.472 e. The third-order valence-corrected chi connectivity index (χ3v) is 15.8. The molecule has 0 aromatic heterocycles. The molecule has 0 saturated heterocycles. The maximum absolute atomic E-state index is 13.6. The van der Waals surface area contributed by atoms with E-state index in [9.17, 15) is 19.0 Å². The molecular weight excluding hydrogens is 1020 g/mol. The summed E-state index contributed by atoms with van der Waals surface area (Å²) in [6, 6.07) is -0.855. The number of allylic oxidation sites excluding steroid dienone is 13. The number of quaternary nitrogens is 1. The second-order valence-electron chi connectivity index (χ2n) is 24.0. The van der Waals surface area contributed by atoms with Crippen LogP contribution in [0.5, 0.6) is 0 Å². The number of carbonyl (C=O) groups excluding carboxylic acids is 2. The Kier molecular flexibility index (Phi) is 58.2. The summed E-state index contributed by atoms with van der Waals surface area (Å²) in [7, 11) is 1.49. The molecule has 0 bridgehead atoms. The van der Waals surface area contributed by atoms with Gasteiger partial charge < -0.3 is 19.4 Å². The first-order chi connectivity index (χ1) is 39.4. The quantitative estimate of drug-likeness (QED) is 0.0205. The maximum Gasteiger partial charge on any atom is 0.472 e. The summed E-state index contributed by atoms with van der Waals surface area (Å²) in [5.74, 6) is -0.508. The molecule has 0 aliphatic rings. The van der Waals surface area contributed by atoms with Crippen LogP contribution in [0.1, 0.15) is 303 Å². The molecule has 0 aromatic carbocycles. The van der Waals surface area contributed by atoms with Crippen LogP contribution in [0.3, 0.4) is 0 Å². The van der Waals surface area contributed by atoms with Crippen molar-refractivity contribution in [1.29, 1.82) is 0 Å². The van der Waals surface area contributed by atoms with E-state index in [0.29, 0.717) is 23.9 Å². The monoisotopic (exact) mass is 1150 g/mol. The van der Waals surface area contributed by atoms with Gasteiger partial charge in [0.2, 0.25) is 5.91 Å². The predicted molar refractivity (Wildman–Crippen MR) is 351 cm³/mol. The normalized spacial score (nSPS) is 14.1. The Morgan fingerprint density at radius 1 is 0.444 bits per heavy atom. The number of phosphoric ester groups is 1. The molecule has 0 aliphatic carbocycles. The van der Waals surface area contributed by atoms with Crippen LogP contribution in [0.25, 0.3) is 0 Å². The first-order valence-electron chi connectivity index (χ1n) is 33.9. The van der Waals surface area contributed by atoms with E-state index in [1.165, 1.54) is 161 Å². The second-order valence-corrected chi connectivity index (χ2v) is 25.4. The lowest BCUT2D eigenvalue weighted by atomic mass is 10.0. The fourth-order valence-electron chi connectivity index (χ4n) is 9.65. The van der Waals surface area contributed by atoms with Gasteiger partial charge in [0.15, 0.2) is 0 Å². The molecule has 9 nitrogen and oxygen atoms in total. The predicted octanol–water partition coefficient (Wildman–Crippen LogP) is 21.3. The van der Waals surface area contributed by atoms with Crippen LogP contribution in [0.15, 0.2) is 85.1 Å². The highest BCUT2D eigenvalue weighted by Crippen LogP contribution is 2.43. The van der Waals surface area contributed by atoms with Gasteiger partial charge in [0, 0.05) is 12.8 Å².